The second-order valence-electron chi connectivity index (χ2n) is 5.77. The Morgan fingerprint density at radius 3 is 2.57 bits per heavy atom. The Balaban J connectivity index is 2.03. The first-order valence-corrected chi connectivity index (χ1v) is 7.75. The number of ether oxygens (including phenoxy) is 1. The number of nitrogens with two attached hydrogens (primary N) is 1. The molecular formula is C19H24N2O2. The number of amides is 1. The van der Waals surface area contributed by atoms with Crippen molar-refractivity contribution >= 4 is 5.91 Å². The van der Waals surface area contributed by atoms with Crippen molar-refractivity contribution in [2.24, 2.45) is 5.73 Å². The quantitative estimate of drug-likeness (QED) is 0.862. The van der Waals surface area contributed by atoms with Gasteiger partial charge in [0.25, 0.3) is 0 Å². The second-order valence-corrected chi connectivity index (χ2v) is 5.77. The van der Waals surface area contributed by atoms with Crippen molar-refractivity contribution in [2.75, 3.05) is 7.11 Å². The minimum absolute atomic E-state index is 0.162. The average Bonchev–Trinajstić information content (AvgIpc) is 2.55. The van der Waals surface area contributed by atoms with Crippen molar-refractivity contribution < 1.29 is 9.53 Å². The Morgan fingerprint density at radius 1 is 1.22 bits per heavy atom. The van der Waals surface area contributed by atoms with E-state index in [-0.39, 0.29) is 11.9 Å². The molecule has 0 fully saturated rings. The van der Waals surface area contributed by atoms with Crippen molar-refractivity contribution in [3.8, 4) is 5.75 Å². The zero-order chi connectivity index (χ0) is 16.8. The Hall–Kier alpha value is -2.33. The van der Waals surface area contributed by atoms with Crippen LogP contribution in [0.1, 0.15) is 29.7 Å². The van der Waals surface area contributed by atoms with Gasteiger partial charge in [-0.2, -0.15) is 0 Å². The third-order valence-electron chi connectivity index (χ3n) is 3.85. The molecule has 0 aliphatic rings. The van der Waals surface area contributed by atoms with Crippen LogP contribution in [0.15, 0.2) is 48.5 Å². The van der Waals surface area contributed by atoms with Crippen molar-refractivity contribution in [2.45, 2.75) is 32.4 Å². The molecule has 2 aromatic rings. The van der Waals surface area contributed by atoms with Crippen molar-refractivity contribution in [3.05, 3.63) is 65.2 Å². The normalized spacial score (nSPS) is 13.2. The van der Waals surface area contributed by atoms with Crippen LogP contribution >= 0.6 is 0 Å². The highest BCUT2D eigenvalue weighted by Gasteiger charge is 2.19. The topological polar surface area (TPSA) is 64.3 Å². The van der Waals surface area contributed by atoms with Gasteiger partial charge in [0, 0.05) is 5.56 Å². The third-order valence-corrected chi connectivity index (χ3v) is 3.85. The van der Waals surface area contributed by atoms with Gasteiger partial charge in [-0.1, -0.05) is 48.0 Å². The van der Waals surface area contributed by atoms with Gasteiger partial charge < -0.3 is 15.8 Å². The molecule has 0 saturated carbocycles. The predicted octanol–water partition coefficient (Wildman–Crippen LogP) is 2.75. The first-order chi connectivity index (χ1) is 11.0. The molecule has 2 rings (SSSR count). The van der Waals surface area contributed by atoms with E-state index in [1.54, 1.807) is 7.11 Å². The molecule has 0 heterocycles. The molecule has 2 aromatic carbocycles. The highest BCUT2D eigenvalue weighted by molar-refractivity contribution is 5.82. The number of carbonyl (C=O) groups excluding carboxylic acids is 1. The molecule has 0 aromatic heterocycles. The maximum absolute atomic E-state index is 12.3. The number of nitrogens with one attached hydrogen (secondary N) is 1. The number of rotatable bonds is 6. The van der Waals surface area contributed by atoms with Crippen LogP contribution in [0.5, 0.6) is 5.75 Å². The van der Waals surface area contributed by atoms with Gasteiger partial charge in [0.15, 0.2) is 0 Å². The molecule has 0 saturated heterocycles. The summed E-state index contributed by atoms with van der Waals surface area (Å²) < 4.78 is 5.38. The molecule has 1 amide bonds. The van der Waals surface area contributed by atoms with E-state index in [0.717, 1.165) is 22.4 Å². The summed E-state index contributed by atoms with van der Waals surface area (Å²) in [5, 5.41) is 2.97. The number of benzene rings is 2. The van der Waals surface area contributed by atoms with Crippen LogP contribution in [-0.4, -0.2) is 19.1 Å². The van der Waals surface area contributed by atoms with E-state index in [0.29, 0.717) is 6.42 Å². The number of hydrogen-bond acceptors (Lipinski definition) is 3. The highest BCUT2D eigenvalue weighted by atomic mass is 16.5. The van der Waals surface area contributed by atoms with Crippen molar-refractivity contribution in [3.63, 3.8) is 0 Å². The summed E-state index contributed by atoms with van der Waals surface area (Å²) in [6.45, 7) is 3.95. The molecule has 0 spiro atoms. The minimum atomic E-state index is -0.573. The van der Waals surface area contributed by atoms with E-state index < -0.39 is 6.04 Å². The van der Waals surface area contributed by atoms with Crippen LogP contribution in [0.25, 0.3) is 0 Å². The molecule has 0 radical (unpaired) electrons. The molecule has 4 nitrogen and oxygen atoms in total. The maximum atomic E-state index is 12.3. The lowest BCUT2D eigenvalue weighted by molar-refractivity contribution is -0.123. The first-order valence-electron chi connectivity index (χ1n) is 7.75. The Morgan fingerprint density at radius 2 is 1.91 bits per heavy atom. The van der Waals surface area contributed by atoms with Crippen molar-refractivity contribution in [1.29, 1.82) is 0 Å². The summed E-state index contributed by atoms with van der Waals surface area (Å²) >= 11 is 0. The molecule has 3 N–H and O–H groups in total. The van der Waals surface area contributed by atoms with E-state index >= 15 is 0 Å². The molecule has 122 valence electrons. The van der Waals surface area contributed by atoms with E-state index in [4.69, 9.17) is 10.5 Å². The lowest BCUT2D eigenvalue weighted by Crippen LogP contribution is -2.43. The number of methoxy groups -OCH3 is 1. The molecule has 4 heteroatoms. The lowest BCUT2D eigenvalue weighted by Gasteiger charge is -2.20. The predicted molar refractivity (Wildman–Crippen MR) is 92.4 cm³/mol. The number of carbonyl (C=O) groups is 1. The van der Waals surface area contributed by atoms with Gasteiger partial charge in [-0.25, -0.2) is 0 Å². The zero-order valence-electron chi connectivity index (χ0n) is 13.9. The van der Waals surface area contributed by atoms with Crippen molar-refractivity contribution in [1.82, 2.24) is 5.32 Å². The largest absolute Gasteiger partial charge is 0.496 e. The smallest absolute Gasteiger partial charge is 0.237 e. The van der Waals surface area contributed by atoms with Crippen LogP contribution in [-0.2, 0) is 11.2 Å². The monoisotopic (exact) mass is 312 g/mol. The lowest BCUT2D eigenvalue weighted by atomic mass is 10.0. The summed E-state index contributed by atoms with van der Waals surface area (Å²) in [4.78, 5) is 12.3. The summed E-state index contributed by atoms with van der Waals surface area (Å²) in [5.41, 5.74) is 9.16. The van der Waals surface area contributed by atoms with Gasteiger partial charge >= 0.3 is 0 Å². The fourth-order valence-electron chi connectivity index (χ4n) is 2.55. The summed E-state index contributed by atoms with van der Waals surface area (Å²) in [5.74, 6) is 0.602. The Kier molecular flexibility index (Phi) is 5.77. The van der Waals surface area contributed by atoms with Gasteiger partial charge in [0.05, 0.1) is 19.2 Å². The summed E-state index contributed by atoms with van der Waals surface area (Å²) in [7, 11) is 1.63. The van der Waals surface area contributed by atoms with Crippen LogP contribution in [0, 0.1) is 6.92 Å². The van der Waals surface area contributed by atoms with Crippen LogP contribution in [0.3, 0.4) is 0 Å². The van der Waals surface area contributed by atoms with Gasteiger partial charge in [-0.05, 0) is 31.9 Å². The fraction of sp³-hybridized carbons (Fsp3) is 0.316. The maximum Gasteiger partial charge on any atom is 0.237 e. The van der Waals surface area contributed by atoms with Gasteiger partial charge in [0.1, 0.15) is 5.75 Å². The van der Waals surface area contributed by atoms with Crippen LogP contribution < -0.4 is 15.8 Å². The van der Waals surface area contributed by atoms with Gasteiger partial charge in [0.2, 0.25) is 5.91 Å². The van der Waals surface area contributed by atoms with Gasteiger partial charge in [-0.3, -0.25) is 4.79 Å². The van der Waals surface area contributed by atoms with E-state index in [1.807, 2.05) is 62.4 Å². The molecule has 2 atom stereocenters. The van der Waals surface area contributed by atoms with Crippen LogP contribution in [0.2, 0.25) is 0 Å². The SMILES string of the molecule is COc1ccc(C)cc1C(C)NC(=O)C(N)Cc1ccccc1. The Bertz CT molecular complexity index is 656. The van der Waals surface area contributed by atoms with E-state index in [2.05, 4.69) is 5.32 Å². The number of aryl methyl sites for hydroxylation is 1. The fourth-order valence-corrected chi connectivity index (χ4v) is 2.55. The third kappa shape index (κ3) is 4.57. The molecule has 2 unspecified atom stereocenters. The number of hydrogen-bond donors (Lipinski definition) is 2. The molecular weight excluding hydrogens is 288 g/mol. The molecule has 23 heavy (non-hydrogen) atoms. The summed E-state index contributed by atoms with van der Waals surface area (Å²) in [6.07, 6.45) is 0.518. The first kappa shape index (κ1) is 17.0. The average molecular weight is 312 g/mol. The van der Waals surface area contributed by atoms with E-state index in [1.165, 1.54) is 0 Å². The molecule has 0 bridgehead atoms. The Labute approximate surface area is 137 Å². The second kappa shape index (κ2) is 7.79. The van der Waals surface area contributed by atoms with Gasteiger partial charge in [-0.15, -0.1) is 0 Å². The molecule has 0 aliphatic heterocycles. The summed E-state index contributed by atoms with van der Waals surface area (Å²) in [6, 6.07) is 15.0. The van der Waals surface area contributed by atoms with Crippen LogP contribution in [0.4, 0.5) is 0 Å². The zero-order valence-corrected chi connectivity index (χ0v) is 13.9. The standard InChI is InChI=1S/C19H24N2O2/c1-13-9-10-18(23-3)16(11-13)14(2)21-19(22)17(20)12-15-7-5-4-6-8-15/h4-11,14,17H,12,20H2,1-3H3,(H,21,22). The highest BCUT2D eigenvalue weighted by Crippen LogP contribution is 2.26. The van der Waals surface area contributed by atoms with E-state index in [9.17, 15) is 4.79 Å². The minimum Gasteiger partial charge on any atom is -0.496 e. The molecule has 0 aliphatic carbocycles.